The van der Waals surface area contributed by atoms with Gasteiger partial charge in [-0.15, -0.1) is 0 Å². The zero-order valence-corrected chi connectivity index (χ0v) is 10.9. The molecule has 0 saturated heterocycles. The summed E-state index contributed by atoms with van der Waals surface area (Å²) >= 11 is 0. The van der Waals surface area contributed by atoms with Gasteiger partial charge in [0.1, 0.15) is 0 Å². The van der Waals surface area contributed by atoms with Crippen LogP contribution in [-0.4, -0.2) is 16.6 Å². The maximum atomic E-state index is 9.46. The standard InChI is InChI=1S/C16H18N2O/c19-12-15-7-8-17-10-16(15)18-9-3-6-13-4-1-2-5-14(13)11-18/h1-2,4-5,7-8,10,19H,3,6,9,11-12H2. The van der Waals surface area contributed by atoms with E-state index in [0.29, 0.717) is 0 Å². The molecule has 0 radical (unpaired) electrons. The minimum atomic E-state index is 0.0655. The van der Waals surface area contributed by atoms with E-state index in [9.17, 15) is 5.11 Å². The highest BCUT2D eigenvalue weighted by Crippen LogP contribution is 2.26. The molecule has 1 aliphatic rings. The topological polar surface area (TPSA) is 36.4 Å². The Bertz CT molecular complexity index is 568. The second-order valence-corrected chi connectivity index (χ2v) is 4.96. The van der Waals surface area contributed by atoms with Gasteiger partial charge in [-0.1, -0.05) is 24.3 Å². The fourth-order valence-electron chi connectivity index (χ4n) is 2.74. The first-order valence-corrected chi connectivity index (χ1v) is 6.74. The zero-order valence-electron chi connectivity index (χ0n) is 10.9. The zero-order chi connectivity index (χ0) is 13.1. The summed E-state index contributed by atoms with van der Waals surface area (Å²) in [7, 11) is 0. The maximum absolute atomic E-state index is 9.46. The Morgan fingerprint density at radius 1 is 1.16 bits per heavy atom. The molecular weight excluding hydrogens is 236 g/mol. The molecule has 1 aliphatic heterocycles. The van der Waals surface area contributed by atoms with E-state index in [4.69, 9.17) is 0 Å². The highest BCUT2D eigenvalue weighted by Gasteiger charge is 2.16. The van der Waals surface area contributed by atoms with Crippen molar-refractivity contribution in [3.63, 3.8) is 0 Å². The molecule has 1 N–H and O–H groups in total. The van der Waals surface area contributed by atoms with E-state index in [-0.39, 0.29) is 6.61 Å². The molecule has 3 rings (SSSR count). The summed E-state index contributed by atoms with van der Waals surface area (Å²) in [5.41, 5.74) is 4.84. The molecule has 0 saturated carbocycles. The fourth-order valence-corrected chi connectivity index (χ4v) is 2.74. The van der Waals surface area contributed by atoms with Crippen LogP contribution < -0.4 is 4.90 Å². The lowest BCUT2D eigenvalue weighted by molar-refractivity contribution is 0.282. The Balaban J connectivity index is 1.94. The molecule has 1 aromatic carbocycles. The van der Waals surface area contributed by atoms with Gasteiger partial charge in [-0.3, -0.25) is 4.98 Å². The van der Waals surface area contributed by atoms with Gasteiger partial charge in [-0.05, 0) is 30.0 Å². The summed E-state index contributed by atoms with van der Waals surface area (Å²) in [5.74, 6) is 0. The van der Waals surface area contributed by atoms with Crippen LogP contribution in [0.15, 0.2) is 42.7 Å². The van der Waals surface area contributed by atoms with Gasteiger partial charge in [0.25, 0.3) is 0 Å². The van der Waals surface area contributed by atoms with E-state index in [0.717, 1.165) is 37.2 Å². The molecule has 0 fully saturated rings. The van der Waals surface area contributed by atoms with Crippen molar-refractivity contribution in [2.75, 3.05) is 11.4 Å². The molecule has 1 aromatic heterocycles. The molecule has 0 atom stereocenters. The number of fused-ring (bicyclic) bond motifs is 1. The highest BCUT2D eigenvalue weighted by molar-refractivity contribution is 5.52. The average molecular weight is 254 g/mol. The number of aliphatic hydroxyl groups is 1. The van der Waals surface area contributed by atoms with Crippen LogP contribution in [0.25, 0.3) is 0 Å². The van der Waals surface area contributed by atoms with Crippen molar-refractivity contribution in [3.05, 3.63) is 59.4 Å². The van der Waals surface area contributed by atoms with Gasteiger partial charge in [0, 0.05) is 24.8 Å². The van der Waals surface area contributed by atoms with Crippen LogP contribution in [-0.2, 0) is 19.6 Å². The van der Waals surface area contributed by atoms with E-state index < -0.39 is 0 Å². The van der Waals surface area contributed by atoms with Crippen LogP contribution in [0.2, 0.25) is 0 Å². The number of rotatable bonds is 2. The van der Waals surface area contributed by atoms with Crippen LogP contribution in [0.4, 0.5) is 5.69 Å². The van der Waals surface area contributed by atoms with Gasteiger partial charge < -0.3 is 10.0 Å². The number of pyridine rings is 1. The third kappa shape index (κ3) is 2.47. The smallest absolute Gasteiger partial charge is 0.0703 e. The summed E-state index contributed by atoms with van der Waals surface area (Å²) in [6.45, 7) is 1.97. The first kappa shape index (κ1) is 12.2. The highest BCUT2D eigenvalue weighted by atomic mass is 16.3. The first-order valence-electron chi connectivity index (χ1n) is 6.74. The summed E-state index contributed by atoms with van der Waals surface area (Å²) in [5, 5.41) is 9.46. The SMILES string of the molecule is OCc1ccncc1N1CCCc2ccccc2C1. The number of benzene rings is 1. The second kappa shape index (κ2) is 5.41. The second-order valence-electron chi connectivity index (χ2n) is 4.96. The van der Waals surface area contributed by atoms with Crippen molar-refractivity contribution in [3.8, 4) is 0 Å². The lowest BCUT2D eigenvalue weighted by atomic mass is 10.0. The molecule has 19 heavy (non-hydrogen) atoms. The van der Waals surface area contributed by atoms with Gasteiger partial charge in [0.2, 0.25) is 0 Å². The van der Waals surface area contributed by atoms with Crippen LogP contribution in [0, 0.1) is 0 Å². The Morgan fingerprint density at radius 2 is 2.00 bits per heavy atom. The Hall–Kier alpha value is -1.87. The van der Waals surface area contributed by atoms with E-state index in [2.05, 4.69) is 34.1 Å². The van der Waals surface area contributed by atoms with Crippen molar-refractivity contribution >= 4 is 5.69 Å². The summed E-state index contributed by atoms with van der Waals surface area (Å²) in [6, 6.07) is 10.5. The number of nitrogens with zero attached hydrogens (tertiary/aromatic N) is 2. The number of hydrogen-bond acceptors (Lipinski definition) is 3. The molecule has 3 nitrogen and oxygen atoms in total. The molecule has 0 aliphatic carbocycles. The van der Waals surface area contributed by atoms with E-state index in [1.807, 2.05) is 12.3 Å². The van der Waals surface area contributed by atoms with Crippen molar-refractivity contribution in [2.24, 2.45) is 0 Å². The van der Waals surface area contributed by atoms with Crippen LogP contribution in [0.5, 0.6) is 0 Å². The summed E-state index contributed by atoms with van der Waals surface area (Å²) < 4.78 is 0. The Morgan fingerprint density at radius 3 is 2.84 bits per heavy atom. The molecule has 3 heteroatoms. The normalized spacial score (nSPS) is 14.9. The predicted molar refractivity (Wildman–Crippen MR) is 76.0 cm³/mol. The first-order chi connectivity index (χ1) is 9.38. The van der Waals surface area contributed by atoms with Crippen LogP contribution >= 0.6 is 0 Å². The van der Waals surface area contributed by atoms with Gasteiger partial charge in [-0.25, -0.2) is 0 Å². The minimum absolute atomic E-state index is 0.0655. The van der Waals surface area contributed by atoms with Crippen molar-refractivity contribution < 1.29 is 5.11 Å². The van der Waals surface area contributed by atoms with Gasteiger partial charge in [0.15, 0.2) is 0 Å². The number of aromatic nitrogens is 1. The quantitative estimate of drug-likeness (QED) is 0.894. The average Bonchev–Trinajstić information content (AvgIpc) is 2.69. The minimum Gasteiger partial charge on any atom is -0.392 e. The molecule has 0 bridgehead atoms. The van der Waals surface area contributed by atoms with Crippen molar-refractivity contribution in [2.45, 2.75) is 26.0 Å². The Labute approximate surface area is 113 Å². The van der Waals surface area contributed by atoms with Gasteiger partial charge >= 0.3 is 0 Å². The summed E-state index contributed by atoms with van der Waals surface area (Å²) in [6.07, 6.45) is 5.86. The molecule has 0 unspecified atom stereocenters. The van der Waals surface area contributed by atoms with Gasteiger partial charge in [-0.2, -0.15) is 0 Å². The molecule has 0 spiro atoms. The number of anilines is 1. The Kier molecular flexibility index (Phi) is 3.47. The summed E-state index contributed by atoms with van der Waals surface area (Å²) in [4.78, 5) is 6.53. The largest absolute Gasteiger partial charge is 0.392 e. The van der Waals surface area contributed by atoms with Gasteiger partial charge in [0.05, 0.1) is 18.5 Å². The number of aryl methyl sites for hydroxylation is 1. The third-order valence-corrected chi connectivity index (χ3v) is 3.75. The van der Waals surface area contributed by atoms with E-state index >= 15 is 0 Å². The monoisotopic (exact) mass is 254 g/mol. The lowest BCUT2D eigenvalue weighted by Gasteiger charge is -2.25. The van der Waals surface area contributed by atoms with Crippen LogP contribution in [0.1, 0.15) is 23.1 Å². The van der Waals surface area contributed by atoms with Crippen molar-refractivity contribution in [1.29, 1.82) is 0 Å². The van der Waals surface area contributed by atoms with Crippen molar-refractivity contribution in [1.82, 2.24) is 4.98 Å². The molecule has 2 heterocycles. The van der Waals surface area contributed by atoms with Crippen LogP contribution in [0.3, 0.4) is 0 Å². The maximum Gasteiger partial charge on any atom is 0.0703 e. The molecule has 98 valence electrons. The molecule has 2 aromatic rings. The number of aliphatic hydroxyl groups excluding tert-OH is 1. The molecular formula is C16H18N2O. The third-order valence-electron chi connectivity index (χ3n) is 3.75. The molecule has 0 amide bonds. The number of hydrogen-bond donors (Lipinski definition) is 1. The van der Waals surface area contributed by atoms with E-state index in [1.165, 1.54) is 11.1 Å². The lowest BCUT2D eigenvalue weighted by Crippen LogP contribution is -2.24. The van der Waals surface area contributed by atoms with E-state index in [1.54, 1.807) is 6.20 Å². The predicted octanol–water partition coefficient (Wildman–Crippen LogP) is 2.53. The fraction of sp³-hybridized carbons (Fsp3) is 0.312.